The molecule has 1 N–H and O–H groups in total. The maximum absolute atomic E-state index is 10.9. The van der Waals surface area contributed by atoms with Crippen LogP contribution in [0.1, 0.15) is 32.1 Å². The number of ether oxygens (including phenoxy) is 2. The monoisotopic (exact) mass is 236 g/mol. The maximum Gasteiger partial charge on any atom is 0.103 e. The van der Waals surface area contributed by atoms with Crippen LogP contribution in [0.15, 0.2) is 12.7 Å². The van der Waals surface area contributed by atoms with Gasteiger partial charge in [0.15, 0.2) is 0 Å². The first-order valence-electron chi connectivity index (χ1n) is 6.81. The van der Waals surface area contributed by atoms with Crippen LogP contribution < -0.4 is 0 Å². The molecule has 2 aliphatic carbocycles. The van der Waals surface area contributed by atoms with Crippen molar-refractivity contribution in [2.24, 2.45) is 11.8 Å². The Morgan fingerprint density at radius 3 is 3.06 bits per heavy atom. The lowest BCUT2D eigenvalue weighted by molar-refractivity contribution is -0.135. The number of fused-ring (bicyclic) bond motifs is 1. The summed E-state index contributed by atoms with van der Waals surface area (Å²) in [6, 6.07) is 0. The topological polar surface area (TPSA) is 42.0 Å². The standard InChI is InChI=1S/C14H20O3/c1-2-3-9-7-13(15)4-5-16-14(13)8-12-11(17-12)6-10(9)14/h2,9-12,15H,1,3-8H2/t9-,10-,11-,12+,13-,14-/m1/s1. The molecule has 2 aliphatic heterocycles. The Kier molecular flexibility index (Phi) is 1.94. The van der Waals surface area contributed by atoms with Gasteiger partial charge in [-0.05, 0) is 31.1 Å². The van der Waals surface area contributed by atoms with Gasteiger partial charge in [-0.1, -0.05) is 6.08 Å². The van der Waals surface area contributed by atoms with E-state index in [1.807, 2.05) is 6.08 Å². The molecule has 1 spiro atoms. The SMILES string of the molecule is C=CC[C@@H]1C[C@]2(O)CCO[C@@]23C[C@@H]2O[C@@H]2C[C@H]13. The zero-order valence-electron chi connectivity index (χ0n) is 10.1. The fraction of sp³-hybridized carbons (Fsp3) is 0.857. The summed E-state index contributed by atoms with van der Waals surface area (Å²) in [6.45, 7) is 4.57. The van der Waals surface area contributed by atoms with E-state index in [1.54, 1.807) is 0 Å². The lowest BCUT2D eigenvalue weighted by atomic mass is 9.70. The first-order valence-corrected chi connectivity index (χ1v) is 6.81. The highest BCUT2D eigenvalue weighted by Crippen LogP contribution is 2.64. The fourth-order valence-corrected chi connectivity index (χ4v) is 4.79. The van der Waals surface area contributed by atoms with Crippen molar-refractivity contribution >= 4 is 0 Å². The van der Waals surface area contributed by atoms with Crippen LogP contribution in [-0.4, -0.2) is 35.1 Å². The van der Waals surface area contributed by atoms with Gasteiger partial charge in [-0.15, -0.1) is 6.58 Å². The van der Waals surface area contributed by atoms with Crippen LogP contribution in [0.3, 0.4) is 0 Å². The van der Waals surface area contributed by atoms with Crippen molar-refractivity contribution < 1.29 is 14.6 Å². The second kappa shape index (κ2) is 3.14. The Morgan fingerprint density at radius 2 is 2.24 bits per heavy atom. The van der Waals surface area contributed by atoms with Crippen LogP contribution in [0.4, 0.5) is 0 Å². The van der Waals surface area contributed by atoms with Crippen LogP contribution in [0.5, 0.6) is 0 Å². The Hall–Kier alpha value is -0.380. The Bertz CT molecular complexity index is 368. The molecule has 17 heavy (non-hydrogen) atoms. The summed E-state index contributed by atoms with van der Waals surface area (Å²) in [6.07, 6.45) is 7.47. The lowest BCUT2D eigenvalue weighted by Crippen LogP contribution is -2.53. The van der Waals surface area contributed by atoms with Gasteiger partial charge in [-0.3, -0.25) is 0 Å². The number of epoxide rings is 1. The van der Waals surface area contributed by atoms with Crippen molar-refractivity contribution in [2.45, 2.75) is 55.5 Å². The largest absolute Gasteiger partial charge is 0.387 e. The average Bonchev–Trinajstić information content (AvgIpc) is 2.90. The van der Waals surface area contributed by atoms with Crippen LogP contribution in [-0.2, 0) is 9.47 Å². The number of hydrogen-bond acceptors (Lipinski definition) is 3. The van der Waals surface area contributed by atoms with E-state index in [0.717, 1.165) is 32.1 Å². The fourth-order valence-electron chi connectivity index (χ4n) is 4.79. The van der Waals surface area contributed by atoms with Gasteiger partial charge in [-0.25, -0.2) is 0 Å². The second-order valence-electron chi connectivity index (χ2n) is 6.27. The molecule has 2 saturated heterocycles. The van der Waals surface area contributed by atoms with Crippen molar-refractivity contribution in [3.8, 4) is 0 Å². The summed E-state index contributed by atoms with van der Waals surface area (Å²) < 4.78 is 11.8. The van der Waals surface area contributed by atoms with E-state index in [1.165, 1.54) is 0 Å². The van der Waals surface area contributed by atoms with E-state index in [9.17, 15) is 5.11 Å². The highest BCUT2D eigenvalue weighted by molar-refractivity contribution is 5.22. The number of allylic oxidation sites excluding steroid dienone is 1. The molecule has 0 amide bonds. The van der Waals surface area contributed by atoms with E-state index in [0.29, 0.717) is 30.7 Å². The summed E-state index contributed by atoms with van der Waals surface area (Å²) in [5.74, 6) is 1.000. The maximum atomic E-state index is 10.9. The molecular formula is C14H20O3. The molecule has 0 bridgehead atoms. The molecule has 4 aliphatic rings. The quantitative estimate of drug-likeness (QED) is 0.585. The molecule has 4 fully saturated rings. The molecular weight excluding hydrogens is 216 g/mol. The van der Waals surface area contributed by atoms with Crippen LogP contribution in [0.2, 0.25) is 0 Å². The first kappa shape index (κ1) is 10.5. The van der Waals surface area contributed by atoms with Gasteiger partial charge >= 0.3 is 0 Å². The molecule has 3 nitrogen and oxygen atoms in total. The Morgan fingerprint density at radius 1 is 1.35 bits per heavy atom. The third-order valence-corrected chi connectivity index (χ3v) is 5.58. The molecule has 2 saturated carbocycles. The molecule has 4 rings (SSSR count). The van der Waals surface area contributed by atoms with Crippen molar-refractivity contribution in [3.05, 3.63) is 12.7 Å². The predicted molar refractivity (Wildman–Crippen MR) is 62.6 cm³/mol. The molecule has 2 heterocycles. The van der Waals surface area contributed by atoms with Crippen LogP contribution in [0, 0.1) is 11.8 Å². The van der Waals surface area contributed by atoms with Gasteiger partial charge < -0.3 is 14.6 Å². The van der Waals surface area contributed by atoms with Gasteiger partial charge in [0.05, 0.1) is 24.4 Å². The first-order chi connectivity index (χ1) is 8.18. The minimum absolute atomic E-state index is 0.293. The van der Waals surface area contributed by atoms with Gasteiger partial charge in [0.25, 0.3) is 0 Å². The number of rotatable bonds is 2. The van der Waals surface area contributed by atoms with Crippen molar-refractivity contribution in [3.63, 3.8) is 0 Å². The lowest BCUT2D eigenvalue weighted by Gasteiger charge is -2.41. The van der Waals surface area contributed by atoms with Crippen LogP contribution in [0.25, 0.3) is 0 Å². The molecule has 0 aromatic rings. The van der Waals surface area contributed by atoms with Gasteiger partial charge in [0.1, 0.15) is 5.60 Å². The van der Waals surface area contributed by atoms with Gasteiger partial charge in [-0.2, -0.15) is 0 Å². The van der Waals surface area contributed by atoms with Crippen LogP contribution >= 0.6 is 0 Å². The molecule has 0 unspecified atom stereocenters. The predicted octanol–water partition coefficient (Wildman–Crippen LogP) is 1.65. The third kappa shape index (κ3) is 1.18. The van der Waals surface area contributed by atoms with E-state index >= 15 is 0 Å². The van der Waals surface area contributed by atoms with Gasteiger partial charge in [0, 0.05) is 12.8 Å². The molecule has 0 aromatic carbocycles. The van der Waals surface area contributed by atoms with Crippen molar-refractivity contribution in [2.75, 3.05) is 6.61 Å². The summed E-state index contributed by atoms with van der Waals surface area (Å²) in [4.78, 5) is 0. The summed E-state index contributed by atoms with van der Waals surface area (Å²) in [5.41, 5.74) is -0.888. The summed E-state index contributed by atoms with van der Waals surface area (Å²) in [7, 11) is 0. The molecule has 3 heteroatoms. The van der Waals surface area contributed by atoms with E-state index in [2.05, 4.69) is 6.58 Å². The number of hydrogen-bond donors (Lipinski definition) is 1. The normalized spacial score (nSPS) is 59.4. The molecule has 0 radical (unpaired) electrons. The van der Waals surface area contributed by atoms with Crippen molar-refractivity contribution in [1.82, 2.24) is 0 Å². The van der Waals surface area contributed by atoms with E-state index in [4.69, 9.17) is 9.47 Å². The highest BCUT2D eigenvalue weighted by atomic mass is 16.6. The average molecular weight is 236 g/mol. The smallest absolute Gasteiger partial charge is 0.103 e. The summed E-state index contributed by atoms with van der Waals surface area (Å²) >= 11 is 0. The Balaban J connectivity index is 1.73. The minimum Gasteiger partial charge on any atom is -0.387 e. The second-order valence-corrected chi connectivity index (χ2v) is 6.27. The number of aliphatic hydroxyl groups is 1. The van der Waals surface area contributed by atoms with Gasteiger partial charge in [0.2, 0.25) is 0 Å². The summed E-state index contributed by atoms with van der Waals surface area (Å²) in [5, 5.41) is 10.9. The van der Waals surface area contributed by atoms with E-state index in [-0.39, 0.29) is 5.60 Å². The third-order valence-electron chi connectivity index (χ3n) is 5.58. The zero-order valence-corrected chi connectivity index (χ0v) is 10.1. The van der Waals surface area contributed by atoms with Crippen molar-refractivity contribution in [1.29, 1.82) is 0 Å². The molecule has 6 atom stereocenters. The molecule has 94 valence electrons. The van der Waals surface area contributed by atoms with E-state index < -0.39 is 5.60 Å². The highest BCUT2D eigenvalue weighted by Gasteiger charge is 2.71. The minimum atomic E-state index is -0.595. The molecule has 0 aromatic heterocycles. The Labute approximate surface area is 102 Å². The zero-order chi connectivity index (χ0) is 11.7.